The van der Waals surface area contributed by atoms with E-state index in [0.29, 0.717) is 11.8 Å². The fourth-order valence-corrected chi connectivity index (χ4v) is 3.14. The summed E-state index contributed by atoms with van der Waals surface area (Å²) < 4.78 is 0. The Bertz CT molecular complexity index is 475. The van der Waals surface area contributed by atoms with Crippen molar-refractivity contribution in [3.63, 3.8) is 0 Å². The summed E-state index contributed by atoms with van der Waals surface area (Å²) in [5.41, 5.74) is 2.06. The van der Waals surface area contributed by atoms with Crippen molar-refractivity contribution < 1.29 is 5.11 Å². The lowest BCUT2D eigenvalue weighted by atomic mass is 9.76. The summed E-state index contributed by atoms with van der Waals surface area (Å²) in [5, 5.41) is 19.0. The molecule has 20 heavy (non-hydrogen) atoms. The molecule has 106 valence electrons. The molecular weight excluding hydrogens is 246 g/mol. The minimum Gasteiger partial charge on any atom is -0.393 e. The number of aliphatic hydroxyl groups excluding tert-OH is 1. The molecule has 1 aliphatic carbocycles. The number of hydrogen-bond acceptors (Lipinski definition) is 2. The van der Waals surface area contributed by atoms with Gasteiger partial charge in [-0.25, -0.2) is 0 Å². The number of benzene rings is 1. The van der Waals surface area contributed by atoms with E-state index >= 15 is 0 Å². The first-order chi connectivity index (χ1) is 9.74. The van der Waals surface area contributed by atoms with Crippen LogP contribution in [0.15, 0.2) is 36.4 Å². The van der Waals surface area contributed by atoms with E-state index in [1.54, 1.807) is 0 Å². The summed E-state index contributed by atoms with van der Waals surface area (Å²) >= 11 is 0. The van der Waals surface area contributed by atoms with Gasteiger partial charge in [0, 0.05) is 0 Å². The molecule has 2 rings (SSSR count). The van der Waals surface area contributed by atoms with Gasteiger partial charge in [0.25, 0.3) is 0 Å². The Morgan fingerprint density at radius 3 is 2.45 bits per heavy atom. The topological polar surface area (TPSA) is 44.0 Å². The second-order valence-electron chi connectivity index (χ2n) is 5.72. The average Bonchev–Trinajstić information content (AvgIpc) is 2.53. The highest BCUT2D eigenvalue weighted by Crippen LogP contribution is 2.37. The highest BCUT2D eigenvalue weighted by Gasteiger charge is 2.26. The normalized spacial score (nSPS) is 24.4. The summed E-state index contributed by atoms with van der Waals surface area (Å²) in [5.74, 6) is 1.04. The molecule has 1 aromatic rings. The van der Waals surface area contributed by atoms with E-state index in [2.05, 4.69) is 24.3 Å². The standard InChI is InChI=1S/C18H23NO/c1-2-3-4-18(20)17-11-9-16(10-12-17)15-7-5-14(13-19)6-8-15/h2-3,5-8,16-18,20H,4,9-12H2,1H3/t16-,17-,18?. The predicted octanol–water partition coefficient (Wildman–Crippen LogP) is 4.16. The van der Waals surface area contributed by atoms with Crippen LogP contribution in [0.5, 0.6) is 0 Å². The molecule has 0 bridgehead atoms. The third-order valence-corrected chi connectivity index (χ3v) is 4.44. The van der Waals surface area contributed by atoms with Gasteiger partial charge in [-0.15, -0.1) is 0 Å². The predicted molar refractivity (Wildman–Crippen MR) is 81.3 cm³/mol. The molecule has 2 heteroatoms. The van der Waals surface area contributed by atoms with Crippen molar-refractivity contribution in [2.45, 2.75) is 51.0 Å². The third kappa shape index (κ3) is 3.71. The van der Waals surface area contributed by atoms with Gasteiger partial charge >= 0.3 is 0 Å². The van der Waals surface area contributed by atoms with Crippen molar-refractivity contribution in [1.29, 1.82) is 5.26 Å². The van der Waals surface area contributed by atoms with E-state index in [1.807, 2.05) is 25.1 Å². The van der Waals surface area contributed by atoms with Crippen LogP contribution in [0.4, 0.5) is 0 Å². The van der Waals surface area contributed by atoms with Crippen LogP contribution in [0.2, 0.25) is 0 Å². The monoisotopic (exact) mass is 269 g/mol. The molecule has 0 aromatic heterocycles. The quantitative estimate of drug-likeness (QED) is 0.834. The number of allylic oxidation sites excluding steroid dienone is 1. The van der Waals surface area contributed by atoms with Crippen molar-refractivity contribution in [3.05, 3.63) is 47.5 Å². The summed E-state index contributed by atoms with van der Waals surface area (Å²) in [4.78, 5) is 0. The van der Waals surface area contributed by atoms with Crippen molar-refractivity contribution >= 4 is 0 Å². The minimum absolute atomic E-state index is 0.187. The van der Waals surface area contributed by atoms with Gasteiger partial charge in [-0.05, 0) is 68.6 Å². The first kappa shape index (κ1) is 14.8. The second kappa shape index (κ2) is 7.26. The molecule has 0 amide bonds. The molecule has 0 saturated heterocycles. The van der Waals surface area contributed by atoms with Gasteiger partial charge in [-0.3, -0.25) is 0 Å². The van der Waals surface area contributed by atoms with Gasteiger partial charge in [-0.2, -0.15) is 5.26 Å². The fraction of sp³-hybridized carbons (Fsp3) is 0.500. The van der Waals surface area contributed by atoms with Gasteiger partial charge in [0.2, 0.25) is 0 Å². The third-order valence-electron chi connectivity index (χ3n) is 4.44. The van der Waals surface area contributed by atoms with E-state index in [1.165, 1.54) is 5.56 Å². The van der Waals surface area contributed by atoms with Gasteiger partial charge in [0.1, 0.15) is 0 Å². The van der Waals surface area contributed by atoms with E-state index in [4.69, 9.17) is 5.26 Å². The molecular formula is C18H23NO. The minimum atomic E-state index is -0.187. The molecule has 1 aliphatic rings. The summed E-state index contributed by atoms with van der Waals surface area (Å²) in [6.07, 6.45) is 9.14. The van der Waals surface area contributed by atoms with Crippen LogP contribution in [-0.2, 0) is 0 Å². The number of rotatable bonds is 4. The van der Waals surface area contributed by atoms with E-state index in [9.17, 15) is 5.11 Å². The first-order valence-electron chi connectivity index (χ1n) is 7.54. The Kier molecular flexibility index (Phi) is 5.38. The highest BCUT2D eigenvalue weighted by atomic mass is 16.3. The Morgan fingerprint density at radius 2 is 1.90 bits per heavy atom. The van der Waals surface area contributed by atoms with Crippen LogP contribution in [0.3, 0.4) is 0 Å². The first-order valence-corrected chi connectivity index (χ1v) is 7.54. The zero-order chi connectivity index (χ0) is 14.4. The second-order valence-corrected chi connectivity index (χ2v) is 5.72. The largest absolute Gasteiger partial charge is 0.393 e. The maximum atomic E-state index is 10.1. The SMILES string of the molecule is CC=CCC(O)[C@H]1CC[C@H](c2ccc(C#N)cc2)CC1. The molecule has 2 nitrogen and oxygen atoms in total. The Balaban J connectivity index is 1.88. The molecule has 1 aromatic carbocycles. The van der Waals surface area contributed by atoms with Gasteiger partial charge in [0.15, 0.2) is 0 Å². The smallest absolute Gasteiger partial charge is 0.0991 e. The van der Waals surface area contributed by atoms with Crippen LogP contribution in [0.25, 0.3) is 0 Å². The average molecular weight is 269 g/mol. The van der Waals surface area contributed by atoms with Crippen molar-refractivity contribution in [1.82, 2.24) is 0 Å². The number of nitriles is 1. The molecule has 0 aliphatic heterocycles. The van der Waals surface area contributed by atoms with Crippen molar-refractivity contribution in [2.24, 2.45) is 5.92 Å². The van der Waals surface area contributed by atoms with E-state index < -0.39 is 0 Å². The van der Waals surface area contributed by atoms with E-state index in [-0.39, 0.29) is 6.10 Å². The number of hydrogen-bond donors (Lipinski definition) is 1. The van der Waals surface area contributed by atoms with Crippen LogP contribution in [0, 0.1) is 17.2 Å². The lowest BCUT2D eigenvalue weighted by molar-refractivity contribution is 0.0834. The maximum Gasteiger partial charge on any atom is 0.0991 e. The maximum absolute atomic E-state index is 10.1. The lowest BCUT2D eigenvalue weighted by Gasteiger charge is -2.31. The van der Waals surface area contributed by atoms with Crippen molar-refractivity contribution in [3.8, 4) is 6.07 Å². The Hall–Kier alpha value is -1.59. The number of nitrogens with zero attached hydrogens (tertiary/aromatic N) is 1. The summed E-state index contributed by atoms with van der Waals surface area (Å²) in [6.45, 7) is 1.99. The van der Waals surface area contributed by atoms with Crippen LogP contribution >= 0.6 is 0 Å². The molecule has 0 heterocycles. The fourth-order valence-electron chi connectivity index (χ4n) is 3.14. The zero-order valence-electron chi connectivity index (χ0n) is 12.1. The van der Waals surface area contributed by atoms with Gasteiger partial charge in [-0.1, -0.05) is 24.3 Å². The molecule has 1 fully saturated rings. The lowest BCUT2D eigenvalue weighted by Crippen LogP contribution is -2.24. The summed E-state index contributed by atoms with van der Waals surface area (Å²) in [7, 11) is 0. The van der Waals surface area contributed by atoms with Crippen LogP contribution in [-0.4, -0.2) is 11.2 Å². The van der Waals surface area contributed by atoms with E-state index in [0.717, 1.165) is 37.7 Å². The molecule has 0 radical (unpaired) electrons. The Labute approximate surface area is 121 Å². The van der Waals surface area contributed by atoms with Crippen LogP contribution in [0.1, 0.15) is 56.1 Å². The van der Waals surface area contributed by atoms with Crippen molar-refractivity contribution in [2.75, 3.05) is 0 Å². The highest BCUT2D eigenvalue weighted by molar-refractivity contribution is 5.33. The van der Waals surface area contributed by atoms with Crippen LogP contribution < -0.4 is 0 Å². The zero-order valence-corrected chi connectivity index (χ0v) is 12.1. The summed E-state index contributed by atoms with van der Waals surface area (Å²) in [6, 6.07) is 10.1. The van der Waals surface area contributed by atoms with Gasteiger partial charge < -0.3 is 5.11 Å². The molecule has 1 unspecified atom stereocenters. The Morgan fingerprint density at radius 1 is 1.25 bits per heavy atom. The molecule has 0 spiro atoms. The molecule has 1 N–H and O–H groups in total. The molecule has 1 atom stereocenters. The molecule has 1 saturated carbocycles. The number of aliphatic hydroxyl groups is 1. The van der Waals surface area contributed by atoms with Gasteiger partial charge in [0.05, 0.1) is 17.7 Å².